The highest BCUT2D eigenvalue weighted by atomic mass is 19.2. The molecule has 1 unspecified atom stereocenters. The Labute approximate surface area is 75.5 Å². The van der Waals surface area contributed by atoms with Gasteiger partial charge in [0.25, 0.3) is 0 Å². The van der Waals surface area contributed by atoms with Crippen LogP contribution < -0.4 is 5.48 Å². The van der Waals surface area contributed by atoms with Gasteiger partial charge in [-0.2, -0.15) is 5.48 Å². The van der Waals surface area contributed by atoms with Crippen LogP contribution in [0.5, 0.6) is 0 Å². The van der Waals surface area contributed by atoms with Crippen LogP contribution in [0.1, 0.15) is 18.5 Å². The predicted molar refractivity (Wildman–Crippen MR) is 44.9 cm³/mol. The molecule has 2 nitrogen and oxygen atoms in total. The van der Waals surface area contributed by atoms with E-state index in [4.69, 9.17) is 0 Å². The zero-order valence-corrected chi connectivity index (χ0v) is 7.47. The molecule has 1 aromatic carbocycles. The first-order valence-electron chi connectivity index (χ1n) is 3.88. The van der Waals surface area contributed by atoms with E-state index in [1.807, 2.05) is 0 Å². The summed E-state index contributed by atoms with van der Waals surface area (Å²) in [5.74, 6) is -1.68. The molecule has 4 heteroatoms. The van der Waals surface area contributed by atoms with Gasteiger partial charge in [-0.1, -0.05) is 6.07 Å². The van der Waals surface area contributed by atoms with Gasteiger partial charge >= 0.3 is 0 Å². The van der Waals surface area contributed by atoms with E-state index in [9.17, 15) is 8.78 Å². The fourth-order valence-corrected chi connectivity index (χ4v) is 1.03. The van der Waals surface area contributed by atoms with Gasteiger partial charge in [-0.25, -0.2) is 8.78 Å². The number of rotatable bonds is 3. The summed E-state index contributed by atoms with van der Waals surface area (Å²) in [6, 6.07) is 3.58. The SMILES string of the molecule is CONC(C)c1ccc(F)c(F)c1. The van der Waals surface area contributed by atoms with Crippen LogP contribution in [0, 0.1) is 11.6 Å². The lowest BCUT2D eigenvalue weighted by Crippen LogP contribution is -2.16. The molecule has 1 rings (SSSR count). The van der Waals surface area contributed by atoms with E-state index in [1.54, 1.807) is 6.92 Å². The van der Waals surface area contributed by atoms with Gasteiger partial charge < -0.3 is 4.84 Å². The number of nitrogens with one attached hydrogen (secondary N) is 1. The van der Waals surface area contributed by atoms with Crippen molar-refractivity contribution in [3.8, 4) is 0 Å². The summed E-state index contributed by atoms with van der Waals surface area (Å²) in [5, 5.41) is 0. The Hall–Kier alpha value is -1.00. The molecule has 1 aromatic rings. The molecular weight excluding hydrogens is 176 g/mol. The van der Waals surface area contributed by atoms with Gasteiger partial charge in [-0.3, -0.25) is 0 Å². The van der Waals surface area contributed by atoms with Gasteiger partial charge in [-0.15, -0.1) is 0 Å². The fraction of sp³-hybridized carbons (Fsp3) is 0.333. The minimum absolute atomic E-state index is 0.167. The zero-order chi connectivity index (χ0) is 9.84. The molecule has 13 heavy (non-hydrogen) atoms. The number of hydroxylamine groups is 1. The number of halogens is 2. The van der Waals surface area contributed by atoms with E-state index < -0.39 is 11.6 Å². The van der Waals surface area contributed by atoms with Crippen molar-refractivity contribution in [3.05, 3.63) is 35.4 Å². The van der Waals surface area contributed by atoms with Crippen LogP contribution in [0.25, 0.3) is 0 Å². The monoisotopic (exact) mass is 187 g/mol. The predicted octanol–water partition coefficient (Wildman–Crippen LogP) is 2.18. The van der Waals surface area contributed by atoms with E-state index in [-0.39, 0.29) is 6.04 Å². The molecule has 1 atom stereocenters. The molecule has 0 saturated heterocycles. The van der Waals surface area contributed by atoms with Crippen LogP contribution in [-0.4, -0.2) is 7.11 Å². The fourth-order valence-electron chi connectivity index (χ4n) is 1.03. The summed E-state index contributed by atoms with van der Waals surface area (Å²) in [6.45, 7) is 1.79. The van der Waals surface area contributed by atoms with Crippen molar-refractivity contribution >= 4 is 0 Å². The van der Waals surface area contributed by atoms with E-state index in [2.05, 4.69) is 10.3 Å². The van der Waals surface area contributed by atoms with E-state index in [0.717, 1.165) is 12.1 Å². The Morgan fingerprint density at radius 2 is 2.00 bits per heavy atom. The Balaban J connectivity index is 2.84. The van der Waals surface area contributed by atoms with Gasteiger partial charge in [0, 0.05) is 0 Å². The molecule has 0 saturated carbocycles. The Morgan fingerprint density at radius 1 is 1.31 bits per heavy atom. The Bertz CT molecular complexity index is 291. The lowest BCUT2D eigenvalue weighted by Gasteiger charge is -2.11. The first kappa shape index (κ1) is 10.1. The highest BCUT2D eigenvalue weighted by Crippen LogP contribution is 2.15. The molecule has 0 aromatic heterocycles. The molecule has 0 aliphatic heterocycles. The maximum Gasteiger partial charge on any atom is 0.159 e. The maximum atomic E-state index is 12.7. The highest BCUT2D eigenvalue weighted by molar-refractivity contribution is 5.20. The number of hydrogen-bond donors (Lipinski definition) is 1. The van der Waals surface area contributed by atoms with Crippen LogP contribution in [0.15, 0.2) is 18.2 Å². The second-order valence-corrected chi connectivity index (χ2v) is 2.72. The minimum Gasteiger partial charge on any atom is -0.305 e. The molecule has 0 radical (unpaired) electrons. The van der Waals surface area contributed by atoms with E-state index in [0.29, 0.717) is 5.56 Å². The van der Waals surface area contributed by atoms with E-state index in [1.165, 1.54) is 13.2 Å². The molecule has 0 aliphatic carbocycles. The smallest absolute Gasteiger partial charge is 0.159 e. The molecule has 0 aliphatic rings. The highest BCUT2D eigenvalue weighted by Gasteiger charge is 2.07. The third-order valence-corrected chi connectivity index (χ3v) is 1.74. The van der Waals surface area contributed by atoms with Crippen LogP contribution in [0.4, 0.5) is 8.78 Å². The van der Waals surface area contributed by atoms with Crippen LogP contribution in [-0.2, 0) is 4.84 Å². The Morgan fingerprint density at radius 3 is 2.54 bits per heavy atom. The molecule has 1 N–H and O–H groups in total. The van der Waals surface area contributed by atoms with Crippen molar-refractivity contribution < 1.29 is 13.6 Å². The summed E-state index contributed by atoms with van der Waals surface area (Å²) in [5.41, 5.74) is 3.26. The number of benzene rings is 1. The van der Waals surface area contributed by atoms with Crippen molar-refractivity contribution in [2.75, 3.05) is 7.11 Å². The lowest BCUT2D eigenvalue weighted by molar-refractivity contribution is 0.0657. The third-order valence-electron chi connectivity index (χ3n) is 1.74. The summed E-state index contributed by atoms with van der Waals surface area (Å²) in [7, 11) is 1.47. The molecule has 0 amide bonds. The van der Waals surface area contributed by atoms with Crippen molar-refractivity contribution in [1.82, 2.24) is 5.48 Å². The van der Waals surface area contributed by atoms with Crippen LogP contribution in [0.2, 0.25) is 0 Å². The average Bonchev–Trinajstić information content (AvgIpc) is 2.10. The molecule has 0 fully saturated rings. The summed E-state index contributed by atoms with van der Waals surface area (Å²) >= 11 is 0. The standard InChI is InChI=1S/C9H11F2NO/c1-6(12-13-2)7-3-4-8(10)9(11)5-7/h3-6,12H,1-2H3. The largest absolute Gasteiger partial charge is 0.305 e. The summed E-state index contributed by atoms with van der Waals surface area (Å²) in [6.07, 6.45) is 0. The zero-order valence-electron chi connectivity index (χ0n) is 7.47. The van der Waals surface area contributed by atoms with Gasteiger partial charge in [0.05, 0.1) is 13.2 Å². The minimum atomic E-state index is -0.845. The third kappa shape index (κ3) is 2.47. The van der Waals surface area contributed by atoms with Gasteiger partial charge in [0.2, 0.25) is 0 Å². The molecule has 0 spiro atoms. The van der Waals surface area contributed by atoms with Crippen molar-refractivity contribution in [1.29, 1.82) is 0 Å². The van der Waals surface area contributed by atoms with Gasteiger partial charge in [-0.05, 0) is 24.6 Å². The van der Waals surface area contributed by atoms with Crippen LogP contribution >= 0.6 is 0 Å². The molecule has 0 bridgehead atoms. The first-order valence-corrected chi connectivity index (χ1v) is 3.88. The lowest BCUT2D eigenvalue weighted by atomic mass is 10.1. The maximum absolute atomic E-state index is 12.7. The summed E-state index contributed by atoms with van der Waals surface area (Å²) < 4.78 is 25.3. The normalized spacial score (nSPS) is 12.9. The van der Waals surface area contributed by atoms with Crippen LogP contribution in [0.3, 0.4) is 0 Å². The van der Waals surface area contributed by atoms with Gasteiger partial charge in [0.15, 0.2) is 11.6 Å². The molecule has 0 heterocycles. The Kier molecular flexibility index (Phi) is 3.33. The molecule has 72 valence electrons. The van der Waals surface area contributed by atoms with Crippen molar-refractivity contribution in [3.63, 3.8) is 0 Å². The van der Waals surface area contributed by atoms with Crippen molar-refractivity contribution in [2.45, 2.75) is 13.0 Å². The number of hydrogen-bond acceptors (Lipinski definition) is 2. The average molecular weight is 187 g/mol. The quantitative estimate of drug-likeness (QED) is 0.732. The van der Waals surface area contributed by atoms with E-state index >= 15 is 0 Å². The second-order valence-electron chi connectivity index (χ2n) is 2.72. The molecular formula is C9H11F2NO. The topological polar surface area (TPSA) is 21.3 Å². The summed E-state index contributed by atoms with van der Waals surface area (Å²) in [4.78, 5) is 4.66. The van der Waals surface area contributed by atoms with Crippen molar-refractivity contribution in [2.24, 2.45) is 0 Å². The second kappa shape index (κ2) is 4.30. The van der Waals surface area contributed by atoms with Gasteiger partial charge in [0.1, 0.15) is 0 Å². The first-order chi connectivity index (χ1) is 6.15.